The fraction of sp³-hybridized carbons (Fsp3) is 0.625. The van der Waals surface area contributed by atoms with Gasteiger partial charge in [0.15, 0.2) is 6.61 Å². The lowest BCUT2D eigenvalue weighted by atomic mass is 9.95. The zero-order chi connectivity index (χ0) is 33.3. The number of rotatable bonds is 18. The van der Waals surface area contributed by atoms with Gasteiger partial charge in [0.1, 0.15) is 35.5 Å². The van der Waals surface area contributed by atoms with Crippen molar-refractivity contribution >= 4 is 34.9 Å². The van der Waals surface area contributed by atoms with Crippen LogP contribution >= 0.6 is 0 Å². The minimum atomic E-state index is -0.948. The Hall–Kier alpha value is -3.66. The van der Waals surface area contributed by atoms with Crippen molar-refractivity contribution in [2.45, 2.75) is 79.9 Å². The van der Waals surface area contributed by atoms with Gasteiger partial charge in [-0.25, -0.2) is 9.98 Å². The third-order valence-corrected chi connectivity index (χ3v) is 6.24. The molecule has 1 amide bonds. The normalized spacial score (nSPS) is 14.3. The number of aliphatic hydroxyl groups excluding tert-OH is 1. The number of anilines is 1. The molecule has 44 heavy (non-hydrogen) atoms. The average Bonchev–Trinajstić information content (AvgIpc) is 2.94. The quantitative estimate of drug-likeness (QED) is 0.0622. The number of aromatic nitrogens is 1. The number of nitrogens with two attached hydrogens (primary N) is 1. The Morgan fingerprint density at radius 3 is 2.41 bits per heavy atom. The molecule has 3 atom stereocenters. The van der Waals surface area contributed by atoms with E-state index >= 15 is 0 Å². The maximum Gasteiger partial charge on any atom is 0.316 e. The van der Waals surface area contributed by atoms with Crippen LogP contribution in [0, 0.1) is 29.6 Å². The fourth-order valence-electron chi connectivity index (χ4n) is 3.78. The predicted molar refractivity (Wildman–Crippen MR) is 168 cm³/mol. The highest BCUT2D eigenvalue weighted by molar-refractivity contribution is 5.98. The van der Waals surface area contributed by atoms with E-state index in [0.717, 1.165) is 5.71 Å². The second-order valence-electron chi connectivity index (χ2n) is 11.5. The van der Waals surface area contributed by atoms with Crippen molar-refractivity contribution < 1.29 is 38.5 Å². The standard InChI is InChI=1S/C32H48N4O8/c1-21(2)30(34-25(6)38)22(3)17-41-19-27(36-44-16-10-12-26-11-9-13-29(33)35-26)20-43-32(7,8)15-14-28(39)24(5)31(40)42-18-23(4)37/h9,11,13,21-24,37H,14-20H2,1-8H3,(H2,33,35)/b34-30?,36-27+. The van der Waals surface area contributed by atoms with Crippen LogP contribution in [0.25, 0.3) is 0 Å². The summed E-state index contributed by atoms with van der Waals surface area (Å²) in [7, 11) is 0. The van der Waals surface area contributed by atoms with Crippen LogP contribution in [0.3, 0.4) is 0 Å². The number of hydrogen-bond donors (Lipinski definition) is 2. The molecule has 0 aliphatic rings. The molecule has 1 heterocycles. The molecule has 0 bridgehead atoms. The SMILES string of the molecule is CC(=O)N=C(C(C)C)C(C)COC/C(COC(C)(C)CCC(=O)C(C)C(=O)OCC(C)O)=N\OCC#Cc1cccc(N)n1. The van der Waals surface area contributed by atoms with Gasteiger partial charge in [0.05, 0.1) is 31.5 Å². The summed E-state index contributed by atoms with van der Waals surface area (Å²) in [6.45, 7) is 14.2. The van der Waals surface area contributed by atoms with Crippen molar-refractivity contribution in [3.05, 3.63) is 23.9 Å². The van der Waals surface area contributed by atoms with E-state index in [9.17, 15) is 19.5 Å². The second-order valence-corrected chi connectivity index (χ2v) is 11.5. The molecular weight excluding hydrogens is 568 g/mol. The Balaban J connectivity index is 2.83. The largest absolute Gasteiger partial charge is 0.462 e. The topological polar surface area (TPSA) is 172 Å². The number of ether oxygens (including phenoxy) is 3. The monoisotopic (exact) mass is 616 g/mol. The number of nitrogens with zero attached hydrogens (tertiary/aromatic N) is 3. The lowest BCUT2D eigenvalue weighted by molar-refractivity contribution is -0.154. The first-order valence-electron chi connectivity index (χ1n) is 14.7. The molecule has 0 saturated heterocycles. The number of carbonyl (C=O) groups is 3. The van der Waals surface area contributed by atoms with Crippen molar-refractivity contribution in [2.75, 3.05) is 38.8 Å². The predicted octanol–water partition coefficient (Wildman–Crippen LogP) is 3.39. The van der Waals surface area contributed by atoms with E-state index in [0.29, 0.717) is 30.3 Å². The molecule has 244 valence electrons. The molecule has 3 N–H and O–H groups in total. The van der Waals surface area contributed by atoms with Gasteiger partial charge in [0, 0.05) is 25.0 Å². The van der Waals surface area contributed by atoms with Gasteiger partial charge < -0.3 is 29.9 Å². The van der Waals surface area contributed by atoms with E-state index in [4.69, 9.17) is 24.8 Å². The van der Waals surface area contributed by atoms with Gasteiger partial charge in [-0.15, -0.1) is 0 Å². The molecule has 0 aliphatic heterocycles. The van der Waals surface area contributed by atoms with Crippen molar-refractivity contribution in [3.63, 3.8) is 0 Å². The van der Waals surface area contributed by atoms with Gasteiger partial charge in [-0.05, 0) is 58.1 Å². The Labute approximate surface area is 260 Å². The number of oxime groups is 1. The highest BCUT2D eigenvalue weighted by Crippen LogP contribution is 2.19. The van der Waals surface area contributed by atoms with Gasteiger partial charge in [0.2, 0.25) is 5.91 Å². The van der Waals surface area contributed by atoms with Gasteiger partial charge >= 0.3 is 5.97 Å². The number of aliphatic imine (C=N–C) groups is 1. The van der Waals surface area contributed by atoms with E-state index in [1.807, 2.05) is 34.6 Å². The third kappa shape index (κ3) is 16.3. The van der Waals surface area contributed by atoms with Crippen LogP contribution in [0.1, 0.15) is 73.9 Å². The lowest BCUT2D eigenvalue weighted by Crippen LogP contribution is -2.32. The van der Waals surface area contributed by atoms with Gasteiger partial charge in [-0.3, -0.25) is 14.4 Å². The number of ketones is 1. The van der Waals surface area contributed by atoms with Crippen LogP contribution in [-0.4, -0.2) is 83.9 Å². The van der Waals surface area contributed by atoms with Crippen molar-refractivity contribution in [1.82, 2.24) is 4.98 Å². The second kappa shape index (κ2) is 19.6. The van der Waals surface area contributed by atoms with Crippen LogP contribution in [0.2, 0.25) is 0 Å². The molecule has 0 aliphatic carbocycles. The van der Waals surface area contributed by atoms with E-state index in [1.165, 1.54) is 20.8 Å². The van der Waals surface area contributed by atoms with Crippen LogP contribution in [0.15, 0.2) is 28.3 Å². The van der Waals surface area contributed by atoms with E-state index < -0.39 is 23.6 Å². The Bertz CT molecular complexity index is 1210. The van der Waals surface area contributed by atoms with Crippen LogP contribution in [0.5, 0.6) is 0 Å². The first-order chi connectivity index (χ1) is 20.6. The zero-order valence-corrected chi connectivity index (χ0v) is 27.2. The highest BCUT2D eigenvalue weighted by atomic mass is 16.6. The molecule has 3 unspecified atom stereocenters. The Morgan fingerprint density at radius 1 is 1.09 bits per heavy atom. The maximum absolute atomic E-state index is 12.6. The summed E-state index contributed by atoms with van der Waals surface area (Å²) in [4.78, 5) is 49.9. The van der Waals surface area contributed by atoms with E-state index in [-0.39, 0.29) is 56.4 Å². The molecular formula is C32H48N4O8. The summed E-state index contributed by atoms with van der Waals surface area (Å²) in [5, 5.41) is 13.5. The fourth-order valence-corrected chi connectivity index (χ4v) is 3.78. The number of Topliss-reactive ketones (excluding diaryl/α,β-unsaturated/α-hetero) is 1. The summed E-state index contributed by atoms with van der Waals surface area (Å²) in [5.74, 6) is 3.87. The van der Waals surface area contributed by atoms with Gasteiger partial charge in [0.25, 0.3) is 0 Å². The average molecular weight is 617 g/mol. The first kappa shape index (κ1) is 38.4. The van der Waals surface area contributed by atoms with Crippen molar-refractivity contribution in [3.8, 4) is 11.8 Å². The molecule has 0 aromatic carbocycles. The molecule has 1 aromatic heterocycles. The Morgan fingerprint density at radius 2 is 1.80 bits per heavy atom. The van der Waals surface area contributed by atoms with Crippen LogP contribution in [-0.2, 0) is 33.4 Å². The lowest BCUT2D eigenvalue weighted by Gasteiger charge is -2.26. The maximum atomic E-state index is 12.6. The summed E-state index contributed by atoms with van der Waals surface area (Å²) < 4.78 is 16.9. The molecule has 1 aromatic rings. The molecule has 12 heteroatoms. The number of hydrogen-bond acceptors (Lipinski definition) is 11. The van der Waals surface area contributed by atoms with Crippen molar-refractivity contribution in [1.29, 1.82) is 0 Å². The van der Waals surface area contributed by atoms with Crippen molar-refractivity contribution in [2.24, 2.45) is 27.9 Å². The summed E-state index contributed by atoms with van der Waals surface area (Å²) in [6, 6.07) is 5.15. The molecule has 12 nitrogen and oxygen atoms in total. The highest BCUT2D eigenvalue weighted by Gasteiger charge is 2.27. The number of pyridine rings is 1. The smallest absolute Gasteiger partial charge is 0.316 e. The molecule has 0 radical (unpaired) electrons. The van der Waals surface area contributed by atoms with E-state index in [2.05, 4.69) is 27.0 Å². The minimum absolute atomic E-state index is 0.0138. The zero-order valence-electron chi connectivity index (χ0n) is 27.2. The molecule has 0 fully saturated rings. The van der Waals surface area contributed by atoms with Gasteiger partial charge in [-0.1, -0.05) is 37.9 Å². The first-order valence-corrected chi connectivity index (χ1v) is 14.7. The number of carbonyl (C=O) groups excluding carboxylic acids is 3. The number of aliphatic hydroxyl groups is 1. The number of amides is 1. The Kier molecular flexibility index (Phi) is 17.1. The molecule has 0 spiro atoms. The minimum Gasteiger partial charge on any atom is -0.462 e. The molecule has 0 saturated carbocycles. The summed E-state index contributed by atoms with van der Waals surface area (Å²) in [5.41, 5.74) is 6.65. The summed E-state index contributed by atoms with van der Waals surface area (Å²) in [6.07, 6.45) is -0.376. The third-order valence-electron chi connectivity index (χ3n) is 6.24. The number of esters is 1. The number of nitrogen functional groups attached to an aromatic ring is 1. The molecule has 1 rings (SSSR count). The summed E-state index contributed by atoms with van der Waals surface area (Å²) >= 11 is 0. The van der Waals surface area contributed by atoms with Gasteiger partial charge in [-0.2, -0.15) is 0 Å². The van der Waals surface area contributed by atoms with Crippen LogP contribution < -0.4 is 5.73 Å². The van der Waals surface area contributed by atoms with E-state index in [1.54, 1.807) is 18.2 Å². The van der Waals surface area contributed by atoms with Crippen LogP contribution in [0.4, 0.5) is 5.82 Å².